The van der Waals surface area contributed by atoms with Gasteiger partial charge >= 0.3 is 0 Å². The molecule has 84 valence electrons. The van der Waals surface area contributed by atoms with Gasteiger partial charge in [-0.05, 0) is 31.0 Å². The number of hydrogen-bond donors (Lipinski definition) is 1. The van der Waals surface area contributed by atoms with Gasteiger partial charge in [-0.15, -0.1) is 0 Å². The summed E-state index contributed by atoms with van der Waals surface area (Å²) in [6, 6.07) is 6.50. The van der Waals surface area contributed by atoms with Crippen LogP contribution in [-0.4, -0.2) is 23.8 Å². The molecule has 0 atom stereocenters. The quantitative estimate of drug-likeness (QED) is 0.853. The molecule has 0 bridgehead atoms. The summed E-state index contributed by atoms with van der Waals surface area (Å²) in [5.74, 6) is 0. The van der Waals surface area contributed by atoms with E-state index in [-0.39, 0.29) is 0 Å². The molecule has 3 heteroatoms. The molecule has 1 heterocycles. The van der Waals surface area contributed by atoms with Gasteiger partial charge in [-0.25, -0.2) is 0 Å². The molecule has 1 aromatic carbocycles. The SMILES string of the molecule is CCN(C)c1cc(-c2cn[nH]c2)ccc1C. The van der Waals surface area contributed by atoms with Crippen molar-refractivity contribution in [3.8, 4) is 11.1 Å². The van der Waals surface area contributed by atoms with Gasteiger partial charge in [0, 0.05) is 31.0 Å². The average molecular weight is 215 g/mol. The minimum absolute atomic E-state index is 1.01. The molecular formula is C13H17N3. The normalized spacial score (nSPS) is 10.4. The van der Waals surface area contributed by atoms with E-state index in [0.717, 1.165) is 12.1 Å². The monoisotopic (exact) mass is 215 g/mol. The van der Waals surface area contributed by atoms with E-state index in [1.807, 2.05) is 12.4 Å². The van der Waals surface area contributed by atoms with Crippen LogP contribution in [0.15, 0.2) is 30.6 Å². The van der Waals surface area contributed by atoms with E-state index in [2.05, 4.69) is 54.2 Å². The molecule has 1 aromatic heterocycles. The maximum Gasteiger partial charge on any atom is 0.0565 e. The number of nitrogens with one attached hydrogen (secondary N) is 1. The van der Waals surface area contributed by atoms with Crippen LogP contribution in [0.4, 0.5) is 5.69 Å². The van der Waals surface area contributed by atoms with E-state index in [0.29, 0.717) is 0 Å². The van der Waals surface area contributed by atoms with Gasteiger partial charge in [0.25, 0.3) is 0 Å². The van der Waals surface area contributed by atoms with Crippen molar-refractivity contribution in [2.75, 3.05) is 18.5 Å². The minimum atomic E-state index is 1.01. The molecule has 2 aromatic rings. The highest BCUT2D eigenvalue weighted by Crippen LogP contribution is 2.26. The molecule has 3 nitrogen and oxygen atoms in total. The summed E-state index contributed by atoms with van der Waals surface area (Å²) >= 11 is 0. The zero-order chi connectivity index (χ0) is 11.5. The van der Waals surface area contributed by atoms with Gasteiger partial charge in [-0.3, -0.25) is 5.10 Å². The van der Waals surface area contributed by atoms with Crippen molar-refractivity contribution in [1.29, 1.82) is 0 Å². The fourth-order valence-corrected chi connectivity index (χ4v) is 1.78. The van der Waals surface area contributed by atoms with E-state index in [9.17, 15) is 0 Å². The number of benzene rings is 1. The predicted octanol–water partition coefficient (Wildman–Crippen LogP) is 2.84. The van der Waals surface area contributed by atoms with Gasteiger partial charge < -0.3 is 4.90 Å². The lowest BCUT2D eigenvalue weighted by molar-refractivity contribution is 0.961. The third-order valence-corrected chi connectivity index (χ3v) is 2.93. The van der Waals surface area contributed by atoms with Gasteiger partial charge in [0.05, 0.1) is 6.20 Å². The molecule has 0 spiro atoms. The van der Waals surface area contributed by atoms with Gasteiger partial charge in [0.15, 0.2) is 0 Å². The van der Waals surface area contributed by atoms with E-state index in [1.54, 1.807) is 0 Å². The van der Waals surface area contributed by atoms with Crippen molar-refractivity contribution in [1.82, 2.24) is 10.2 Å². The van der Waals surface area contributed by atoms with Crippen LogP contribution in [0, 0.1) is 6.92 Å². The molecule has 0 unspecified atom stereocenters. The standard InChI is InChI=1S/C13H17N3/c1-4-16(3)13-7-11(6-5-10(13)2)12-8-14-15-9-12/h5-9H,4H2,1-3H3,(H,14,15). The smallest absolute Gasteiger partial charge is 0.0565 e. The molecule has 16 heavy (non-hydrogen) atoms. The van der Waals surface area contributed by atoms with Crippen LogP contribution in [-0.2, 0) is 0 Å². The Morgan fingerprint density at radius 2 is 2.12 bits per heavy atom. The van der Waals surface area contributed by atoms with Crippen LogP contribution in [0.1, 0.15) is 12.5 Å². The third kappa shape index (κ3) is 1.94. The van der Waals surface area contributed by atoms with Crippen LogP contribution in [0.2, 0.25) is 0 Å². The summed E-state index contributed by atoms with van der Waals surface area (Å²) in [6.45, 7) is 5.31. The molecule has 0 radical (unpaired) electrons. The Morgan fingerprint density at radius 3 is 2.75 bits per heavy atom. The first-order chi connectivity index (χ1) is 7.72. The van der Waals surface area contributed by atoms with Gasteiger partial charge in [0.1, 0.15) is 0 Å². The maximum absolute atomic E-state index is 3.98. The first-order valence-corrected chi connectivity index (χ1v) is 5.53. The lowest BCUT2D eigenvalue weighted by Crippen LogP contribution is -2.16. The molecule has 2 rings (SSSR count). The Hall–Kier alpha value is -1.77. The second kappa shape index (κ2) is 4.39. The molecule has 0 aliphatic heterocycles. The Labute approximate surface area is 96.1 Å². The molecule has 0 aliphatic carbocycles. The lowest BCUT2D eigenvalue weighted by atomic mass is 10.1. The number of H-pyrrole nitrogens is 1. The fraction of sp³-hybridized carbons (Fsp3) is 0.308. The average Bonchev–Trinajstić information content (AvgIpc) is 2.82. The van der Waals surface area contributed by atoms with E-state index in [1.165, 1.54) is 16.8 Å². The van der Waals surface area contributed by atoms with Crippen molar-refractivity contribution >= 4 is 5.69 Å². The van der Waals surface area contributed by atoms with Crippen molar-refractivity contribution in [3.63, 3.8) is 0 Å². The highest BCUT2D eigenvalue weighted by molar-refractivity contribution is 5.69. The van der Waals surface area contributed by atoms with Gasteiger partial charge in [-0.2, -0.15) is 5.10 Å². The van der Waals surface area contributed by atoms with E-state index >= 15 is 0 Å². The molecule has 0 saturated heterocycles. The summed E-state index contributed by atoms with van der Waals surface area (Å²) in [6.07, 6.45) is 3.76. The molecule has 1 N–H and O–H groups in total. The van der Waals surface area contributed by atoms with E-state index in [4.69, 9.17) is 0 Å². The summed E-state index contributed by atoms with van der Waals surface area (Å²) in [7, 11) is 2.11. The Bertz CT molecular complexity index is 460. The molecular weight excluding hydrogens is 198 g/mol. The Kier molecular flexibility index (Phi) is 2.95. The second-order valence-corrected chi connectivity index (χ2v) is 4.00. The molecule has 0 fully saturated rings. The largest absolute Gasteiger partial charge is 0.375 e. The number of aromatic amines is 1. The van der Waals surface area contributed by atoms with Crippen molar-refractivity contribution in [2.45, 2.75) is 13.8 Å². The number of rotatable bonds is 3. The number of aryl methyl sites for hydroxylation is 1. The highest BCUT2D eigenvalue weighted by Gasteiger charge is 2.06. The van der Waals surface area contributed by atoms with Crippen LogP contribution in [0.25, 0.3) is 11.1 Å². The first-order valence-electron chi connectivity index (χ1n) is 5.53. The van der Waals surface area contributed by atoms with Crippen molar-refractivity contribution in [3.05, 3.63) is 36.2 Å². The van der Waals surface area contributed by atoms with Crippen LogP contribution < -0.4 is 4.90 Å². The first kappa shape index (κ1) is 10.7. The number of hydrogen-bond acceptors (Lipinski definition) is 2. The zero-order valence-electron chi connectivity index (χ0n) is 9.99. The van der Waals surface area contributed by atoms with Crippen molar-refractivity contribution in [2.24, 2.45) is 0 Å². The fourth-order valence-electron chi connectivity index (χ4n) is 1.78. The van der Waals surface area contributed by atoms with Crippen LogP contribution in [0.5, 0.6) is 0 Å². The summed E-state index contributed by atoms with van der Waals surface area (Å²) < 4.78 is 0. The van der Waals surface area contributed by atoms with Gasteiger partial charge in [0.2, 0.25) is 0 Å². The molecule has 0 amide bonds. The number of anilines is 1. The summed E-state index contributed by atoms with van der Waals surface area (Å²) in [5, 5.41) is 6.82. The second-order valence-electron chi connectivity index (χ2n) is 4.00. The molecule has 0 saturated carbocycles. The topological polar surface area (TPSA) is 31.9 Å². The summed E-state index contributed by atoms with van der Waals surface area (Å²) in [5.41, 5.74) is 4.91. The Balaban J connectivity index is 2.43. The minimum Gasteiger partial charge on any atom is -0.375 e. The third-order valence-electron chi connectivity index (χ3n) is 2.93. The van der Waals surface area contributed by atoms with Crippen LogP contribution >= 0.6 is 0 Å². The number of nitrogens with zero attached hydrogens (tertiary/aromatic N) is 2. The predicted molar refractivity (Wildman–Crippen MR) is 67.7 cm³/mol. The van der Waals surface area contributed by atoms with Crippen molar-refractivity contribution < 1.29 is 0 Å². The van der Waals surface area contributed by atoms with Gasteiger partial charge in [-0.1, -0.05) is 12.1 Å². The van der Waals surface area contributed by atoms with Crippen LogP contribution in [0.3, 0.4) is 0 Å². The Morgan fingerprint density at radius 1 is 1.31 bits per heavy atom. The summed E-state index contributed by atoms with van der Waals surface area (Å²) in [4.78, 5) is 2.25. The number of aromatic nitrogens is 2. The zero-order valence-corrected chi connectivity index (χ0v) is 9.99. The highest BCUT2D eigenvalue weighted by atomic mass is 15.1. The maximum atomic E-state index is 3.98. The molecule has 0 aliphatic rings. The lowest BCUT2D eigenvalue weighted by Gasteiger charge is -2.20. The van der Waals surface area contributed by atoms with E-state index < -0.39 is 0 Å².